The molecule has 0 aromatic heterocycles. The Morgan fingerprint density at radius 3 is 3.00 bits per heavy atom. The Morgan fingerprint density at radius 1 is 1.67 bits per heavy atom. The van der Waals surface area contributed by atoms with Gasteiger partial charge >= 0.3 is 0 Å². The van der Waals surface area contributed by atoms with Crippen LogP contribution in [0, 0.1) is 5.92 Å². The van der Waals surface area contributed by atoms with E-state index in [0.717, 1.165) is 25.9 Å². The van der Waals surface area contributed by atoms with Gasteiger partial charge in [0.2, 0.25) is 5.91 Å². The minimum Gasteiger partial charge on any atom is -0.353 e. The van der Waals surface area contributed by atoms with Gasteiger partial charge in [0.25, 0.3) is 0 Å². The second-order valence-corrected chi connectivity index (χ2v) is 3.47. The summed E-state index contributed by atoms with van der Waals surface area (Å²) in [7, 11) is 0. The molecule has 1 aliphatic rings. The van der Waals surface area contributed by atoms with Gasteiger partial charge in [0.1, 0.15) is 0 Å². The molecule has 0 spiro atoms. The molecule has 0 radical (unpaired) electrons. The predicted molar refractivity (Wildman–Crippen MR) is 48.9 cm³/mol. The Kier molecular flexibility index (Phi) is 3.53. The monoisotopic (exact) mass is 170 g/mol. The lowest BCUT2D eigenvalue weighted by Gasteiger charge is -2.31. The molecule has 1 heterocycles. The van der Waals surface area contributed by atoms with Gasteiger partial charge in [0.15, 0.2) is 0 Å². The highest BCUT2D eigenvalue weighted by Gasteiger charge is 2.23. The lowest BCUT2D eigenvalue weighted by atomic mass is 9.91. The van der Waals surface area contributed by atoms with E-state index in [2.05, 4.69) is 17.6 Å². The third kappa shape index (κ3) is 2.48. The summed E-state index contributed by atoms with van der Waals surface area (Å²) in [5.41, 5.74) is 0. The standard InChI is InChI=1S/C9H18N2O/c1-3-8-6-10-5-4-9(8)11-7(2)12/h8-10H,3-6H2,1-2H3,(H,11,12). The summed E-state index contributed by atoms with van der Waals surface area (Å²) in [6.07, 6.45) is 2.20. The van der Waals surface area contributed by atoms with Crippen LogP contribution in [0.1, 0.15) is 26.7 Å². The van der Waals surface area contributed by atoms with E-state index in [1.165, 1.54) is 0 Å². The number of carbonyl (C=O) groups is 1. The number of hydrogen-bond acceptors (Lipinski definition) is 2. The van der Waals surface area contributed by atoms with Crippen LogP contribution in [0.5, 0.6) is 0 Å². The molecule has 3 heteroatoms. The first-order valence-electron chi connectivity index (χ1n) is 4.72. The number of hydrogen-bond donors (Lipinski definition) is 2. The second kappa shape index (κ2) is 4.45. The minimum absolute atomic E-state index is 0.0975. The highest BCUT2D eigenvalue weighted by Crippen LogP contribution is 2.14. The molecule has 1 saturated heterocycles. The molecule has 0 saturated carbocycles. The first kappa shape index (κ1) is 9.52. The van der Waals surface area contributed by atoms with Crippen LogP contribution in [0.2, 0.25) is 0 Å². The molecule has 1 amide bonds. The molecular formula is C9H18N2O. The number of rotatable bonds is 2. The maximum Gasteiger partial charge on any atom is 0.217 e. The van der Waals surface area contributed by atoms with E-state index in [1.807, 2.05) is 0 Å². The van der Waals surface area contributed by atoms with Gasteiger partial charge in [0.05, 0.1) is 0 Å². The summed E-state index contributed by atoms with van der Waals surface area (Å²) in [4.78, 5) is 10.8. The zero-order chi connectivity index (χ0) is 8.97. The summed E-state index contributed by atoms with van der Waals surface area (Å²) in [5, 5.41) is 6.34. The summed E-state index contributed by atoms with van der Waals surface area (Å²) < 4.78 is 0. The lowest BCUT2D eigenvalue weighted by Crippen LogP contribution is -2.48. The summed E-state index contributed by atoms with van der Waals surface area (Å²) >= 11 is 0. The fourth-order valence-corrected chi connectivity index (χ4v) is 1.80. The molecule has 0 aliphatic carbocycles. The van der Waals surface area contributed by atoms with E-state index in [-0.39, 0.29) is 5.91 Å². The summed E-state index contributed by atoms with van der Waals surface area (Å²) in [6.45, 7) is 5.84. The van der Waals surface area contributed by atoms with Crippen molar-refractivity contribution in [1.29, 1.82) is 0 Å². The van der Waals surface area contributed by atoms with Crippen molar-refractivity contribution in [1.82, 2.24) is 10.6 Å². The smallest absolute Gasteiger partial charge is 0.217 e. The largest absolute Gasteiger partial charge is 0.353 e. The number of piperidine rings is 1. The van der Waals surface area contributed by atoms with Gasteiger partial charge in [-0.3, -0.25) is 4.79 Å². The molecule has 1 rings (SSSR count). The van der Waals surface area contributed by atoms with Gasteiger partial charge in [-0.2, -0.15) is 0 Å². The van der Waals surface area contributed by atoms with E-state index < -0.39 is 0 Å². The van der Waals surface area contributed by atoms with Crippen molar-refractivity contribution < 1.29 is 4.79 Å². The number of amides is 1. The average molecular weight is 170 g/mol. The Hall–Kier alpha value is -0.570. The van der Waals surface area contributed by atoms with Gasteiger partial charge < -0.3 is 10.6 Å². The normalized spacial score (nSPS) is 29.8. The van der Waals surface area contributed by atoms with Crippen LogP contribution in [-0.4, -0.2) is 25.0 Å². The molecule has 2 unspecified atom stereocenters. The molecule has 0 aromatic carbocycles. The third-order valence-corrected chi connectivity index (χ3v) is 2.52. The van der Waals surface area contributed by atoms with Crippen LogP contribution in [0.3, 0.4) is 0 Å². The third-order valence-electron chi connectivity index (χ3n) is 2.52. The number of carbonyl (C=O) groups excluding carboxylic acids is 1. The van der Waals surface area contributed by atoms with Gasteiger partial charge in [-0.25, -0.2) is 0 Å². The van der Waals surface area contributed by atoms with E-state index in [4.69, 9.17) is 0 Å². The highest BCUT2D eigenvalue weighted by molar-refractivity contribution is 5.73. The van der Waals surface area contributed by atoms with Gasteiger partial charge in [-0.1, -0.05) is 13.3 Å². The van der Waals surface area contributed by atoms with Crippen molar-refractivity contribution in [3.63, 3.8) is 0 Å². The topological polar surface area (TPSA) is 41.1 Å². The average Bonchev–Trinajstić information content (AvgIpc) is 2.04. The molecular weight excluding hydrogens is 152 g/mol. The van der Waals surface area contributed by atoms with Crippen molar-refractivity contribution in [2.45, 2.75) is 32.7 Å². The molecule has 2 atom stereocenters. The zero-order valence-electron chi connectivity index (χ0n) is 7.89. The van der Waals surface area contributed by atoms with Gasteiger partial charge in [-0.15, -0.1) is 0 Å². The Bertz CT molecular complexity index is 159. The lowest BCUT2D eigenvalue weighted by molar-refractivity contribution is -0.120. The van der Waals surface area contributed by atoms with E-state index >= 15 is 0 Å². The summed E-state index contributed by atoms with van der Waals surface area (Å²) in [6, 6.07) is 0.397. The molecule has 1 fully saturated rings. The first-order chi connectivity index (χ1) is 5.74. The van der Waals surface area contributed by atoms with Crippen LogP contribution >= 0.6 is 0 Å². The molecule has 0 aromatic rings. The van der Waals surface area contributed by atoms with Crippen LogP contribution in [-0.2, 0) is 4.79 Å². The Labute approximate surface area is 73.9 Å². The fraction of sp³-hybridized carbons (Fsp3) is 0.889. The first-order valence-corrected chi connectivity index (χ1v) is 4.72. The second-order valence-electron chi connectivity index (χ2n) is 3.47. The molecule has 12 heavy (non-hydrogen) atoms. The fourth-order valence-electron chi connectivity index (χ4n) is 1.80. The SMILES string of the molecule is CCC1CNCCC1NC(C)=O. The molecule has 0 bridgehead atoms. The van der Waals surface area contributed by atoms with Crippen molar-refractivity contribution in [2.75, 3.05) is 13.1 Å². The number of nitrogens with one attached hydrogen (secondary N) is 2. The van der Waals surface area contributed by atoms with Gasteiger partial charge in [-0.05, 0) is 25.4 Å². The maximum atomic E-state index is 10.8. The van der Waals surface area contributed by atoms with Crippen LogP contribution < -0.4 is 10.6 Å². The van der Waals surface area contributed by atoms with Crippen molar-refractivity contribution >= 4 is 5.91 Å². The zero-order valence-corrected chi connectivity index (χ0v) is 7.89. The van der Waals surface area contributed by atoms with E-state index in [9.17, 15) is 4.79 Å². The van der Waals surface area contributed by atoms with E-state index in [0.29, 0.717) is 12.0 Å². The summed E-state index contributed by atoms with van der Waals surface area (Å²) in [5.74, 6) is 0.711. The quantitative estimate of drug-likeness (QED) is 0.634. The Balaban J connectivity index is 2.41. The van der Waals surface area contributed by atoms with Crippen LogP contribution in [0.25, 0.3) is 0 Å². The van der Waals surface area contributed by atoms with E-state index in [1.54, 1.807) is 6.92 Å². The predicted octanol–water partition coefficient (Wildman–Crippen LogP) is 0.511. The highest BCUT2D eigenvalue weighted by atomic mass is 16.1. The van der Waals surface area contributed by atoms with Crippen molar-refractivity contribution in [2.24, 2.45) is 5.92 Å². The molecule has 2 N–H and O–H groups in total. The maximum absolute atomic E-state index is 10.8. The van der Waals surface area contributed by atoms with Crippen LogP contribution in [0.15, 0.2) is 0 Å². The van der Waals surface area contributed by atoms with Gasteiger partial charge in [0, 0.05) is 13.0 Å². The van der Waals surface area contributed by atoms with Crippen LogP contribution in [0.4, 0.5) is 0 Å². The molecule has 70 valence electrons. The minimum atomic E-state index is 0.0975. The molecule has 1 aliphatic heterocycles. The van der Waals surface area contributed by atoms with Crippen molar-refractivity contribution in [3.8, 4) is 0 Å². The van der Waals surface area contributed by atoms with Crippen molar-refractivity contribution in [3.05, 3.63) is 0 Å². The molecule has 3 nitrogen and oxygen atoms in total. The Morgan fingerprint density at radius 2 is 2.42 bits per heavy atom.